The minimum atomic E-state index is -4.62. The first-order valence-electron chi connectivity index (χ1n) is 6.55. The van der Waals surface area contributed by atoms with Crippen LogP contribution in [0.2, 0.25) is 0 Å². The summed E-state index contributed by atoms with van der Waals surface area (Å²) in [7, 11) is 0. The average molecular weight is 326 g/mol. The molecule has 0 aliphatic heterocycles. The number of aryl methyl sites for hydroxylation is 1. The molecule has 0 unspecified atom stereocenters. The lowest BCUT2D eigenvalue weighted by Gasteiger charge is -2.10. The first kappa shape index (κ1) is 16.6. The van der Waals surface area contributed by atoms with E-state index in [1.54, 1.807) is 31.2 Å². The van der Waals surface area contributed by atoms with Gasteiger partial charge in [0.1, 0.15) is 11.4 Å². The Morgan fingerprint density at radius 2 is 2.00 bits per heavy atom. The number of pyridine rings is 1. The fourth-order valence-corrected chi connectivity index (χ4v) is 1.79. The van der Waals surface area contributed by atoms with Gasteiger partial charge in [0.25, 0.3) is 11.5 Å². The molecular weight excluding hydrogens is 313 g/mol. The van der Waals surface area contributed by atoms with E-state index in [-0.39, 0.29) is 0 Å². The van der Waals surface area contributed by atoms with E-state index in [0.29, 0.717) is 18.0 Å². The lowest BCUT2D eigenvalue weighted by Crippen LogP contribution is -2.25. The number of rotatable bonds is 4. The number of hydrogen-bond acceptors (Lipinski definition) is 3. The Morgan fingerprint density at radius 1 is 1.30 bits per heavy atom. The maximum absolute atomic E-state index is 12.6. The molecular formula is C15H13F3N2O3. The molecule has 23 heavy (non-hydrogen) atoms. The molecule has 1 amide bonds. The number of carbonyl (C=O) groups excluding carboxylic acids is 1. The Morgan fingerprint density at radius 3 is 2.65 bits per heavy atom. The molecule has 0 saturated heterocycles. The van der Waals surface area contributed by atoms with Crippen molar-refractivity contribution in [1.82, 2.24) is 4.98 Å². The Hall–Kier alpha value is -2.77. The second kappa shape index (κ2) is 6.55. The number of aromatic amines is 1. The molecule has 1 heterocycles. The molecule has 0 aliphatic rings. The van der Waals surface area contributed by atoms with Gasteiger partial charge in [0.05, 0.1) is 5.56 Å². The van der Waals surface area contributed by atoms with E-state index >= 15 is 0 Å². The van der Waals surface area contributed by atoms with E-state index in [4.69, 9.17) is 4.74 Å². The summed E-state index contributed by atoms with van der Waals surface area (Å²) in [6.07, 6.45) is -4.08. The van der Waals surface area contributed by atoms with Crippen LogP contribution in [-0.4, -0.2) is 17.5 Å². The maximum Gasteiger partial charge on any atom is 0.417 e. The number of H-pyrrole nitrogens is 1. The van der Waals surface area contributed by atoms with Crippen molar-refractivity contribution in [2.75, 3.05) is 11.9 Å². The molecule has 0 aliphatic carbocycles. The minimum Gasteiger partial charge on any atom is -0.483 e. The van der Waals surface area contributed by atoms with Gasteiger partial charge in [-0.2, -0.15) is 13.2 Å². The van der Waals surface area contributed by atoms with E-state index in [0.717, 1.165) is 5.56 Å². The third kappa shape index (κ3) is 4.35. The van der Waals surface area contributed by atoms with Gasteiger partial charge in [-0.3, -0.25) is 9.59 Å². The second-order valence-corrected chi connectivity index (χ2v) is 4.73. The van der Waals surface area contributed by atoms with Crippen LogP contribution >= 0.6 is 0 Å². The van der Waals surface area contributed by atoms with Crippen LogP contribution in [0, 0.1) is 6.92 Å². The van der Waals surface area contributed by atoms with Gasteiger partial charge in [-0.25, -0.2) is 0 Å². The van der Waals surface area contributed by atoms with Crippen LogP contribution in [0.5, 0.6) is 5.75 Å². The van der Waals surface area contributed by atoms with Gasteiger partial charge in [0, 0.05) is 6.20 Å². The zero-order chi connectivity index (χ0) is 17.0. The van der Waals surface area contributed by atoms with Gasteiger partial charge in [-0.15, -0.1) is 0 Å². The Kier molecular flexibility index (Phi) is 4.73. The Balaban J connectivity index is 2.06. The number of amides is 1. The summed E-state index contributed by atoms with van der Waals surface area (Å²) in [4.78, 5) is 25.2. The highest BCUT2D eigenvalue weighted by Crippen LogP contribution is 2.29. The lowest BCUT2D eigenvalue weighted by molar-refractivity contribution is -0.137. The van der Waals surface area contributed by atoms with Crippen LogP contribution < -0.4 is 15.6 Å². The van der Waals surface area contributed by atoms with E-state index in [2.05, 4.69) is 5.32 Å². The monoisotopic (exact) mass is 326 g/mol. The molecule has 0 atom stereocenters. The van der Waals surface area contributed by atoms with E-state index < -0.39 is 35.5 Å². The molecule has 2 aromatic rings. The van der Waals surface area contributed by atoms with Crippen molar-refractivity contribution in [3.8, 4) is 5.75 Å². The van der Waals surface area contributed by atoms with Crippen LogP contribution in [0.25, 0.3) is 0 Å². The number of halogens is 3. The van der Waals surface area contributed by atoms with E-state index in [1.165, 1.54) is 0 Å². The highest BCUT2D eigenvalue weighted by atomic mass is 19.4. The molecule has 1 aromatic heterocycles. The van der Waals surface area contributed by atoms with Crippen LogP contribution in [0.15, 0.2) is 41.3 Å². The topological polar surface area (TPSA) is 71.2 Å². The van der Waals surface area contributed by atoms with E-state index in [1.807, 2.05) is 4.98 Å². The van der Waals surface area contributed by atoms with Crippen molar-refractivity contribution in [2.24, 2.45) is 0 Å². The summed E-state index contributed by atoms with van der Waals surface area (Å²) in [6.45, 7) is 1.35. The van der Waals surface area contributed by atoms with Gasteiger partial charge in [0.15, 0.2) is 6.61 Å². The second-order valence-electron chi connectivity index (χ2n) is 4.73. The van der Waals surface area contributed by atoms with Crippen molar-refractivity contribution in [1.29, 1.82) is 0 Å². The summed E-state index contributed by atoms with van der Waals surface area (Å²) >= 11 is 0. The number of hydrogen-bond donors (Lipinski definition) is 2. The number of para-hydroxylation sites is 1. The molecule has 0 radical (unpaired) electrons. The van der Waals surface area contributed by atoms with Crippen molar-refractivity contribution >= 4 is 11.6 Å². The third-order valence-corrected chi connectivity index (χ3v) is 2.96. The minimum absolute atomic E-state index is 0.430. The van der Waals surface area contributed by atoms with Crippen molar-refractivity contribution in [2.45, 2.75) is 13.1 Å². The van der Waals surface area contributed by atoms with Gasteiger partial charge in [0.2, 0.25) is 0 Å². The smallest absolute Gasteiger partial charge is 0.417 e. The Bertz CT molecular complexity index is 769. The number of carbonyl (C=O) groups is 1. The fraction of sp³-hybridized carbons (Fsp3) is 0.200. The number of ether oxygens (including phenoxy) is 1. The van der Waals surface area contributed by atoms with Crippen LogP contribution in [-0.2, 0) is 11.0 Å². The lowest BCUT2D eigenvalue weighted by atomic mass is 10.2. The number of benzene rings is 1. The number of aromatic nitrogens is 1. The molecule has 5 nitrogen and oxygen atoms in total. The molecule has 122 valence electrons. The van der Waals surface area contributed by atoms with Gasteiger partial charge < -0.3 is 15.0 Å². The van der Waals surface area contributed by atoms with Gasteiger partial charge in [-0.05, 0) is 24.6 Å². The Labute approximate surface area is 129 Å². The molecule has 8 heteroatoms. The number of anilines is 1. The summed E-state index contributed by atoms with van der Waals surface area (Å²) in [5.74, 6) is -0.265. The molecule has 1 aromatic carbocycles. The summed E-state index contributed by atoms with van der Waals surface area (Å²) in [5, 5.41) is 2.10. The van der Waals surface area contributed by atoms with Crippen LogP contribution in [0.3, 0.4) is 0 Å². The highest BCUT2D eigenvalue weighted by molar-refractivity contribution is 5.91. The molecule has 0 spiro atoms. The van der Waals surface area contributed by atoms with Gasteiger partial charge in [-0.1, -0.05) is 18.2 Å². The third-order valence-electron chi connectivity index (χ3n) is 2.96. The predicted molar refractivity (Wildman–Crippen MR) is 77.4 cm³/mol. The molecule has 2 N–H and O–H groups in total. The normalized spacial score (nSPS) is 11.1. The van der Waals surface area contributed by atoms with Crippen molar-refractivity contribution < 1.29 is 22.7 Å². The summed E-state index contributed by atoms with van der Waals surface area (Å²) in [5.41, 5.74) is -1.58. The standard InChI is InChI=1S/C15H13F3N2O3/c1-9-4-2-3-5-12(9)23-8-13(21)20-11-6-10(15(16,17)18)7-19-14(11)22/h2-7H,8H2,1H3,(H,19,22)(H,20,21). The first-order valence-corrected chi connectivity index (χ1v) is 6.55. The zero-order valence-corrected chi connectivity index (χ0v) is 12.0. The molecule has 0 fully saturated rings. The van der Waals surface area contributed by atoms with Crippen molar-refractivity contribution in [3.05, 3.63) is 58.0 Å². The first-order chi connectivity index (χ1) is 10.8. The largest absolute Gasteiger partial charge is 0.483 e. The van der Waals surface area contributed by atoms with E-state index in [9.17, 15) is 22.8 Å². The number of nitrogens with one attached hydrogen (secondary N) is 2. The fourth-order valence-electron chi connectivity index (χ4n) is 1.79. The van der Waals surface area contributed by atoms with Crippen molar-refractivity contribution in [3.63, 3.8) is 0 Å². The maximum atomic E-state index is 12.6. The quantitative estimate of drug-likeness (QED) is 0.907. The van der Waals surface area contributed by atoms with Crippen LogP contribution in [0.1, 0.15) is 11.1 Å². The SMILES string of the molecule is Cc1ccccc1OCC(=O)Nc1cc(C(F)(F)F)c[nH]c1=O. The molecule has 2 rings (SSSR count). The molecule has 0 bridgehead atoms. The average Bonchev–Trinajstić information content (AvgIpc) is 2.47. The highest BCUT2D eigenvalue weighted by Gasteiger charge is 2.31. The van der Waals surface area contributed by atoms with Gasteiger partial charge >= 0.3 is 6.18 Å². The number of alkyl halides is 3. The summed E-state index contributed by atoms with van der Waals surface area (Å²) < 4.78 is 43.0. The predicted octanol–water partition coefficient (Wildman–Crippen LogP) is 2.72. The van der Waals surface area contributed by atoms with Crippen LogP contribution in [0.4, 0.5) is 18.9 Å². The zero-order valence-electron chi connectivity index (χ0n) is 12.0. The molecule has 0 saturated carbocycles. The summed E-state index contributed by atoms with van der Waals surface area (Å²) in [6, 6.07) is 7.52.